The van der Waals surface area contributed by atoms with Gasteiger partial charge in [0.1, 0.15) is 6.10 Å². The van der Waals surface area contributed by atoms with E-state index in [1.165, 1.54) is 11.8 Å². The number of carbonyl (C=O) groups is 3. The Morgan fingerprint density at radius 1 is 1.23 bits per heavy atom. The van der Waals surface area contributed by atoms with E-state index in [1.807, 2.05) is 36.4 Å². The van der Waals surface area contributed by atoms with Crippen molar-refractivity contribution in [3.63, 3.8) is 0 Å². The molecular weight excluding hydrogens is 282 g/mol. The second kappa shape index (κ2) is 5.75. The van der Waals surface area contributed by atoms with Crippen molar-refractivity contribution in [1.29, 1.82) is 0 Å². The van der Waals surface area contributed by atoms with E-state index in [4.69, 9.17) is 4.74 Å². The molecule has 5 heteroatoms. The average Bonchev–Trinajstić information content (AvgIpc) is 2.74. The maximum absolute atomic E-state index is 12.6. The Labute approximate surface area is 128 Å². The third kappa shape index (κ3) is 2.54. The van der Waals surface area contributed by atoms with Gasteiger partial charge in [-0.25, -0.2) is 0 Å². The molecule has 2 aliphatic rings. The first-order valence-corrected chi connectivity index (χ1v) is 7.31. The molecule has 1 heterocycles. The van der Waals surface area contributed by atoms with Gasteiger partial charge in [-0.15, -0.1) is 0 Å². The van der Waals surface area contributed by atoms with Gasteiger partial charge in [0.2, 0.25) is 11.8 Å². The fourth-order valence-corrected chi connectivity index (χ4v) is 3.14. The van der Waals surface area contributed by atoms with Crippen molar-refractivity contribution in [3.8, 4) is 0 Å². The molecule has 0 radical (unpaired) electrons. The number of esters is 1. The van der Waals surface area contributed by atoms with Crippen LogP contribution >= 0.6 is 0 Å². The van der Waals surface area contributed by atoms with Crippen molar-refractivity contribution in [2.75, 3.05) is 0 Å². The number of hydrogen-bond donors (Lipinski definition) is 0. The minimum absolute atomic E-state index is 0.180. The highest BCUT2D eigenvalue weighted by molar-refractivity contribution is 6.05. The molecule has 3 rings (SSSR count). The average molecular weight is 299 g/mol. The summed E-state index contributed by atoms with van der Waals surface area (Å²) >= 11 is 0. The van der Waals surface area contributed by atoms with E-state index in [1.54, 1.807) is 6.08 Å². The number of fused-ring (bicyclic) bond motifs is 1. The van der Waals surface area contributed by atoms with Gasteiger partial charge in [-0.2, -0.15) is 0 Å². The number of allylic oxidation sites excluding steroid dienone is 1. The molecule has 0 aromatic heterocycles. The lowest BCUT2D eigenvalue weighted by Gasteiger charge is -2.25. The van der Waals surface area contributed by atoms with Gasteiger partial charge >= 0.3 is 5.97 Å². The van der Waals surface area contributed by atoms with Crippen LogP contribution in [-0.4, -0.2) is 28.8 Å². The zero-order valence-corrected chi connectivity index (χ0v) is 12.3. The van der Waals surface area contributed by atoms with Gasteiger partial charge in [-0.3, -0.25) is 19.3 Å². The number of carbonyl (C=O) groups excluding carboxylic acids is 3. The van der Waals surface area contributed by atoms with Gasteiger partial charge in [-0.1, -0.05) is 36.4 Å². The number of likely N-dealkylation sites (tertiary alicyclic amines) is 1. The van der Waals surface area contributed by atoms with Crippen molar-refractivity contribution >= 4 is 17.8 Å². The number of ether oxygens (including phenoxy) is 1. The molecule has 0 spiro atoms. The van der Waals surface area contributed by atoms with E-state index in [9.17, 15) is 14.4 Å². The molecule has 1 aliphatic carbocycles. The molecule has 3 atom stereocenters. The highest BCUT2D eigenvalue weighted by Gasteiger charge is 2.52. The van der Waals surface area contributed by atoms with Crippen LogP contribution in [0.1, 0.15) is 18.9 Å². The molecular formula is C17H17NO4. The molecule has 1 aliphatic heterocycles. The van der Waals surface area contributed by atoms with Gasteiger partial charge in [0.25, 0.3) is 0 Å². The fraction of sp³-hybridized carbons (Fsp3) is 0.353. The quantitative estimate of drug-likeness (QED) is 0.484. The maximum atomic E-state index is 12.6. The summed E-state index contributed by atoms with van der Waals surface area (Å²) in [6.07, 6.45) is 3.39. The molecule has 3 unspecified atom stereocenters. The fourth-order valence-electron chi connectivity index (χ4n) is 3.14. The Bertz CT molecular complexity index is 637. The SMILES string of the molecule is CC(=O)OC1C=CCC2C(=O)N(Cc3ccccc3)C(=O)C12. The van der Waals surface area contributed by atoms with Crippen LogP contribution in [0.2, 0.25) is 0 Å². The molecule has 0 N–H and O–H groups in total. The highest BCUT2D eigenvalue weighted by atomic mass is 16.5. The summed E-state index contributed by atoms with van der Waals surface area (Å²) in [4.78, 5) is 37.6. The molecule has 114 valence electrons. The van der Waals surface area contributed by atoms with Gasteiger partial charge in [-0.05, 0) is 18.1 Å². The minimum atomic E-state index is -0.645. The third-order valence-electron chi connectivity index (χ3n) is 4.12. The summed E-state index contributed by atoms with van der Waals surface area (Å²) < 4.78 is 5.20. The number of rotatable bonds is 3. The molecule has 0 saturated carbocycles. The van der Waals surface area contributed by atoms with E-state index in [0.717, 1.165) is 5.56 Å². The van der Waals surface area contributed by atoms with E-state index in [0.29, 0.717) is 6.42 Å². The van der Waals surface area contributed by atoms with E-state index in [-0.39, 0.29) is 18.4 Å². The van der Waals surface area contributed by atoms with E-state index >= 15 is 0 Å². The predicted octanol–water partition coefficient (Wildman–Crippen LogP) is 1.68. The Morgan fingerprint density at radius 3 is 2.64 bits per heavy atom. The zero-order valence-electron chi connectivity index (χ0n) is 12.3. The summed E-state index contributed by atoms with van der Waals surface area (Å²) in [6.45, 7) is 1.57. The molecule has 1 saturated heterocycles. The largest absolute Gasteiger partial charge is 0.457 e. The first-order chi connectivity index (χ1) is 10.6. The second-order valence-corrected chi connectivity index (χ2v) is 5.62. The molecule has 22 heavy (non-hydrogen) atoms. The zero-order chi connectivity index (χ0) is 15.7. The number of imide groups is 1. The topological polar surface area (TPSA) is 63.7 Å². The number of hydrogen-bond acceptors (Lipinski definition) is 4. The van der Waals surface area contributed by atoms with Gasteiger partial charge in [0.05, 0.1) is 18.4 Å². The lowest BCUT2D eigenvalue weighted by molar-refractivity contribution is -0.150. The molecule has 5 nitrogen and oxygen atoms in total. The highest BCUT2D eigenvalue weighted by Crippen LogP contribution is 2.37. The molecule has 1 aromatic rings. The van der Waals surface area contributed by atoms with E-state index < -0.39 is 23.9 Å². The number of nitrogens with zero attached hydrogens (tertiary/aromatic N) is 1. The third-order valence-corrected chi connectivity index (χ3v) is 4.12. The molecule has 0 bridgehead atoms. The molecule has 1 aromatic carbocycles. The van der Waals surface area contributed by atoms with Crippen molar-refractivity contribution in [3.05, 3.63) is 48.0 Å². The van der Waals surface area contributed by atoms with Crippen molar-refractivity contribution < 1.29 is 19.1 Å². The summed E-state index contributed by atoms with van der Waals surface area (Å²) in [6, 6.07) is 9.39. The molecule has 2 amide bonds. The van der Waals surface area contributed by atoms with Crippen LogP contribution in [0.4, 0.5) is 0 Å². The monoisotopic (exact) mass is 299 g/mol. The van der Waals surface area contributed by atoms with Gasteiger partial charge < -0.3 is 4.74 Å². The maximum Gasteiger partial charge on any atom is 0.303 e. The van der Waals surface area contributed by atoms with Crippen molar-refractivity contribution in [1.82, 2.24) is 4.90 Å². The summed E-state index contributed by atoms with van der Waals surface area (Å²) in [7, 11) is 0. The van der Waals surface area contributed by atoms with Crippen molar-refractivity contribution in [2.45, 2.75) is 26.0 Å². The first-order valence-electron chi connectivity index (χ1n) is 7.31. The van der Waals surface area contributed by atoms with Crippen LogP contribution in [0.15, 0.2) is 42.5 Å². The van der Waals surface area contributed by atoms with Crippen LogP contribution in [0.25, 0.3) is 0 Å². The lowest BCUT2D eigenvalue weighted by atomic mass is 9.83. The lowest BCUT2D eigenvalue weighted by Crippen LogP contribution is -2.36. The van der Waals surface area contributed by atoms with Crippen LogP contribution in [0.3, 0.4) is 0 Å². The Morgan fingerprint density at radius 2 is 1.95 bits per heavy atom. The standard InChI is InChI=1S/C17H17NO4/c1-11(19)22-14-9-5-8-13-15(14)17(21)18(16(13)20)10-12-6-3-2-4-7-12/h2-7,9,13-15H,8,10H2,1H3. The Balaban J connectivity index is 1.83. The summed E-state index contributed by atoms with van der Waals surface area (Å²) in [5, 5.41) is 0. The van der Waals surface area contributed by atoms with Gasteiger partial charge in [0, 0.05) is 6.92 Å². The first kappa shape index (κ1) is 14.5. The van der Waals surface area contributed by atoms with Crippen LogP contribution < -0.4 is 0 Å². The normalized spacial score (nSPS) is 27.0. The van der Waals surface area contributed by atoms with Gasteiger partial charge in [0.15, 0.2) is 0 Å². The van der Waals surface area contributed by atoms with Crippen LogP contribution in [0.5, 0.6) is 0 Å². The predicted molar refractivity (Wildman–Crippen MR) is 78.3 cm³/mol. The number of benzene rings is 1. The Hall–Kier alpha value is -2.43. The van der Waals surface area contributed by atoms with Crippen LogP contribution in [0, 0.1) is 11.8 Å². The second-order valence-electron chi connectivity index (χ2n) is 5.62. The smallest absolute Gasteiger partial charge is 0.303 e. The number of amides is 2. The van der Waals surface area contributed by atoms with E-state index in [2.05, 4.69) is 0 Å². The molecule has 1 fully saturated rings. The Kier molecular flexibility index (Phi) is 3.79. The minimum Gasteiger partial charge on any atom is -0.457 e. The summed E-state index contributed by atoms with van der Waals surface area (Å²) in [5.74, 6) is -1.90. The van der Waals surface area contributed by atoms with Crippen LogP contribution in [-0.2, 0) is 25.7 Å². The van der Waals surface area contributed by atoms with Crippen molar-refractivity contribution in [2.24, 2.45) is 11.8 Å². The summed E-state index contributed by atoms with van der Waals surface area (Å²) in [5.41, 5.74) is 0.903.